The minimum absolute atomic E-state index is 0. The predicted molar refractivity (Wildman–Crippen MR) is 49.5 cm³/mol. The average Bonchev–Trinajstić information content (AvgIpc) is 1.31. The van der Waals surface area contributed by atoms with Crippen LogP contribution in [-0.4, -0.2) is 46.7 Å². The maximum atomic E-state index is 8.64. The third kappa shape index (κ3) is 6.00. The Balaban J connectivity index is 0. The molecule has 0 bridgehead atoms. The summed E-state index contributed by atoms with van der Waals surface area (Å²) in [6.07, 6.45) is 3.50. The molecule has 0 aromatic carbocycles. The van der Waals surface area contributed by atoms with Gasteiger partial charge in [-0.05, 0) is 12.5 Å². The van der Waals surface area contributed by atoms with Crippen LogP contribution in [-0.2, 0) is 10.1 Å². The monoisotopic (exact) mass is 284 g/mol. The Morgan fingerprint density at radius 1 is 1.38 bits per heavy atom. The van der Waals surface area contributed by atoms with Gasteiger partial charge in [0.05, 0.1) is 0 Å². The summed E-state index contributed by atoms with van der Waals surface area (Å²) >= 11 is 3.58. The maximum absolute atomic E-state index is 8.64. The molecule has 6 heteroatoms. The molecule has 0 radical (unpaired) electrons. The number of hydrogen-bond acceptors (Lipinski definition) is 0. The first kappa shape index (κ1) is 12.5. The summed E-state index contributed by atoms with van der Waals surface area (Å²) in [7, 11) is -0.346. The van der Waals surface area contributed by atoms with E-state index >= 15 is 0 Å². The summed E-state index contributed by atoms with van der Waals surface area (Å²) in [5.74, 6) is 0. The third-order valence-electron chi connectivity index (χ3n) is 0.490. The van der Waals surface area contributed by atoms with Crippen molar-refractivity contribution in [3.05, 3.63) is 0 Å². The van der Waals surface area contributed by atoms with Crippen molar-refractivity contribution in [2.75, 3.05) is 12.5 Å². The first-order valence-electron chi connectivity index (χ1n) is 1.60. The second-order valence-electron chi connectivity index (χ2n) is 1.29. The van der Waals surface area contributed by atoms with Gasteiger partial charge in [0.15, 0.2) is 5.69 Å². The molecular weight excluding hydrogens is 273 g/mol. The Morgan fingerprint density at radius 3 is 1.50 bits per heavy atom. The molecule has 0 saturated carbocycles. The van der Waals surface area contributed by atoms with Gasteiger partial charge < -0.3 is 9.79 Å². The van der Waals surface area contributed by atoms with E-state index in [9.17, 15) is 0 Å². The molecule has 0 aromatic heterocycles. The first-order chi connectivity index (χ1) is 2.94. The molecule has 0 unspecified atom stereocenters. The van der Waals surface area contributed by atoms with Gasteiger partial charge in [-0.2, -0.15) is 0 Å². The molecule has 0 aliphatic carbocycles. The van der Waals surface area contributed by atoms with E-state index in [1.54, 1.807) is 12.5 Å². The Kier molecular flexibility index (Phi) is 7.28. The van der Waals surface area contributed by atoms with Crippen molar-refractivity contribution < 1.29 is 9.79 Å². The van der Waals surface area contributed by atoms with Crippen LogP contribution in [0.25, 0.3) is 0 Å². The zero-order valence-corrected chi connectivity index (χ0v) is 11.5. The quantitative estimate of drug-likeness (QED) is 0.312. The van der Waals surface area contributed by atoms with Crippen LogP contribution in [0.15, 0.2) is 0 Å². The van der Waals surface area contributed by atoms with Crippen LogP contribution in [0.5, 0.6) is 0 Å². The molecule has 0 atom stereocenters. The summed E-state index contributed by atoms with van der Waals surface area (Å²) < 4.78 is 0. The van der Waals surface area contributed by atoms with Crippen LogP contribution in [0.3, 0.4) is 0 Å². The zero-order chi connectivity index (χ0) is 6.08. The average molecular weight is 285 g/mol. The second kappa shape index (κ2) is 4.65. The van der Waals surface area contributed by atoms with Crippen LogP contribution < -0.4 is 0 Å². The molecule has 0 heterocycles. The summed E-state index contributed by atoms with van der Waals surface area (Å²) in [5.41, 5.74) is -2.77. The molecule has 0 fully saturated rings. The van der Waals surface area contributed by atoms with Gasteiger partial charge in [-0.15, -0.1) is 10.1 Å². The molecule has 0 aromatic rings. The summed E-state index contributed by atoms with van der Waals surface area (Å²) in [4.78, 5) is 17.3. The van der Waals surface area contributed by atoms with Gasteiger partial charge >= 0.3 is 24.4 Å². The summed E-state index contributed by atoms with van der Waals surface area (Å²) in [6, 6.07) is 0. The van der Waals surface area contributed by atoms with Crippen LogP contribution in [0.1, 0.15) is 0 Å². The van der Waals surface area contributed by atoms with E-state index in [4.69, 9.17) is 9.79 Å². The van der Waals surface area contributed by atoms with Gasteiger partial charge in [-0.1, -0.05) is 12.2 Å². The summed E-state index contributed by atoms with van der Waals surface area (Å²) in [5, 5.41) is 0. The molecule has 0 amide bonds. The van der Waals surface area contributed by atoms with Gasteiger partial charge in [0.1, 0.15) is 0 Å². The van der Waals surface area contributed by atoms with Crippen molar-refractivity contribution in [3.63, 3.8) is 0 Å². The Labute approximate surface area is 74.4 Å². The fraction of sp³-hybridized carbons (Fsp3) is 1.00. The number of rotatable bonds is 0. The van der Waals surface area contributed by atoms with Gasteiger partial charge in [0, 0.05) is 0 Å². The molecule has 54 valence electrons. The number of hydrogen-bond donors (Lipinski definition) is 3. The van der Waals surface area contributed by atoms with E-state index in [1.807, 2.05) is 0 Å². The van der Waals surface area contributed by atoms with Gasteiger partial charge in [0.2, 0.25) is 0 Å². The molecular formula is C2H12O2PS2Sb. The minimum atomic E-state index is -2.77. The Bertz CT molecular complexity index is 107. The molecule has 2 N–H and O–H groups in total. The van der Waals surface area contributed by atoms with Crippen LogP contribution in [0, 0.1) is 0 Å². The van der Waals surface area contributed by atoms with E-state index in [-0.39, 0.29) is 34.5 Å². The fourth-order valence-corrected chi connectivity index (χ4v) is 0. The standard InChI is InChI=1S/C2H9O2PS2.Sb.3H/c1-7(2)5(3,4)6;;;;/h3-4,6H,1-2H3;;;;. The van der Waals surface area contributed by atoms with E-state index in [0.717, 1.165) is 0 Å². The number of thiol groups is 1. The van der Waals surface area contributed by atoms with Crippen molar-refractivity contribution >= 4 is 52.4 Å². The molecule has 0 rings (SSSR count). The molecule has 8 heavy (non-hydrogen) atoms. The van der Waals surface area contributed by atoms with Crippen LogP contribution in [0.2, 0.25) is 0 Å². The van der Waals surface area contributed by atoms with Gasteiger partial charge in [-0.25, -0.2) is 0 Å². The molecule has 0 spiro atoms. The molecule has 0 saturated heterocycles. The normalized spacial score (nSPS) is 11.2. The Morgan fingerprint density at radius 2 is 1.50 bits per heavy atom. The van der Waals surface area contributed by atoms with E-state index < -0.39 is 5.69 Å². The first-order valence-corrected chi connectivity index (χ1v) is 7.09. The fourth-order valence-electron chi connectivity index (χ4n) is 0. The topological polar surface area (TPSA) is 40.5 Å². The van der Waals surface area contributed by atoms with Crippen molar-refractivity contribution in [2.45, 2.75) is 0 Å². The molecule has 0 aliphatic rings. The van der Waals surface area contributed by atoms with Gasteiger partial charge in [0.25, 0.3) is 0 Å². The van der Waals surface area contributed by atoms with Crippen LogP contribution in [0.4, 0.5) is 0 Å². The van der Waals surface area contributed by atoms with Crippen molar-refractivity contribution in [2.24, 2.45) is 0 Å². The predicted octanol–water partition coefficient (Wildman–Crippen LogP) is -0.728. The summed E-state index contributed by atoms with van der Waals surface area (Å²) in [6.45, 7) is 0. The van der Waals surface area contributed by atoms with Crippen LogP contribution >= 0.6 is 17.9 Å². The zero-order valence-electron chi connectivity index (χ0n) is 4.90. The van der Waals surface area contributed by atoms with Crippen molar-refractivity contribution in [3.8, 4) is 0 Å². The Hall–Kier alpha value is 1.87. The third-order valence-corrected chi connectivity index (χ3v) is 7.35. The van der Waals surface area contributed by atoms with Gasteiger partial charge in [-0.3, -0.25) is 0 Å². The molecule has 0 aliphatic heterocycles. The SMILES string of the molecule is CS(C)=P(O)(O)S.[SbH3]. The van der Waals surface area contributed by atoms with E-state index in [0.29, 0.717) is 0 Å². The van der Waals surface area contributed by atoms with E-state index in [1.165, 1.54) is 0 Å². The molecule has 2 nitrogen and oxygen atoms in total. The second-order valence-corrected chi connectivity index (χ2v) is 10.1. The van der Waals surface area contributed by atoms with Crippen molar-refractivity contribution in [1.82, 2.24) is 0 Å². The van der Waals surface area contributed by atoms with E-state index in [2.05, 4.69) is 12.2 Å². The van der Waals surface area contributed by atoms with Crippen molar-refractivity contribution in [1.29, 1.82) is 0 Å².